The second-order valence-corrected chi connectivity index (χ2v) is 6.05. The Morgan fingerprint density at radius 1 is 0.920 bits per heavy atom. The molecule has 0 aromatic heterocycles. The maximum atomic E-state index is 11.9. The number of aryl methyl sites for hydroxylation is 1. The molecular formula is C21H22O4. The van der Waals surface area contributed by atoms with Crippen LogP contribution in [0.25, 0.3) is 0 Å². The summed E-state index contributed by atoms with van der Waals surface area (Å²) in [5.74, 6) is 1.38. The van der Waals surface area contributed by atoms with Gasteiger partial charge < -0.3 is 14.2 Å². The lowest BCUT2D eigenvalue weighted by Gasteiger charge is -2.23. The molecule has 4 heteroatoms. The molecule has 2 aromatic carbocycles. The molecule has 0 radical (unpaired) electrons. The zero-order valence-electron chi connectivity index (χ0n) is 14.5. The molecule has 2 aromatic rings. The molecule has 130 valence electrons. The first-order valence-electron chi connectivity index (χ1n) is 8.35. The summed E-state index contributed by atoms with van der Waals surface area (Å²) in [5.41, 5.74) is 3.33. The van der Waals surface area contributed by atoms with E-state index >= 15 is 0 Å². The van der Waals surface area contributed by atoms with E-state index in [-0.39, 0.29) is 12.1 Å². The number of carbonyl (C=O) groups excluding carboxylic acids is 1. The van der Waals surface area contributed by atoms with Gasteiger partial charge in [-0.15, -0.1) is 0 Å². The number of cyclic esters (lactones) is 1. The van der Waals surface area contributed by atoms with Gasteiger partial charge in [-0.1, -0.05) is 29.8 Å². The summed E-state index contributed by atoms with van der Waals surface area (Å²) in [6.07, 6.45) is 3.86. The van der Waals surface area contributed by atoms with Crippen molar-refractivity contribution >= 4 is 5.97 Å². The largest absolute Gasteiger partial charge is 0.497 e. The van der Waals surface area contributed by atoms with Crippen molar-refractivity contribution in [2.45, 2.75) is 25.4 Å². The van der Waals surface area contributed by atoms with E-state index in [1.807, 2.05) is 36.4 Å². The van der Waals surface area contributed by atoms with E-state index in [2.05, 4.69) is 12.1 Å². The van der Waals surface area contributed by atoms with Crippen molar-refractivity contribution in [3.63, 3.8) is 0 Å². The molecule has 4 nitrogen and oxygen atoms in total. The van der Waals surface area contributed by atoms with E-state index in [1.54, 1.807) is 20.3 Å². The minimum absolute atomic E-state index is 0.228. The van der Waals surface area contributed by atoms with Crippen molar-refractivity contribution in [2.75, 3.05) is 14.2 Å². The van der Waals surface area contributed by atoms with Gasteiger partial charge in [0.05, 0.1) is 14.2 Å². The Hall–Kier alpha value is -2.75. The number of benzene rings is 2. The molecule has 1 aliphatic heterocycles. The van der Waals surface area contributed by atoms with Crippen LogP contribution in [0.4, 0.5) is 0 Å². The summed E-state index contributed by atoms with van der Waals surface area (Å²) in [6.45, 7) is 0. The van der Waals surface area contributed by atoms with Crippen molar-refractivity contribution < 1.29 is 19.0 Å². The maximum Gasteiger partial charge on any atom is 0.331 e. The fraction of sp³-hybridized carbons (Fsp3) is 0.286. The van der Waals surface area contributed by atoms with E-state index in [0.717, 1.165) is 41.9 Å². The first kappa shape index (κ1) is 17.1. The molecule has 0 saturated carbocycles. The van der Waals surface area contributed by atoms with Crippen LogP contribution in [-0.4, -0.2) is 20.2 Å². The molecule has 1 heterocycles. The zero-order valence-corrected chi connectivity index (χ0v) is 14.5. The third-order valence-corrected chi connectivity index (χ3v) is 4.41. The van der Waals surface area contributed by atoms with Crippen LogP contribution >= 0.6 is 0 Å². The Balaban J connectivity index is 1.63. The van der Waals surface area contributed by atoms with Crippen molar-refractivity contribution in [1.82, 2.24) is 0 Å². The lowest BCUT2D eigenvalue weighted by atomic mass is 9.94. The molecule has 25 heavy (non-hydrogen) atoms. The zero-order chi connectivity index (χ0) is 17.6. The average molecular weight is 338 g/mol. The number of hydrogen-bond acceptors (Lipinski definition) is 4. The molecule has 0 saturated heterocycles. The van der Waals surface area contributed by atoms with Crippen LogP contribution in [-0.2, 0) is 16.0 Å². The second-order valence-electron chi connectivity index (χ2n) is 6.05. The van der Waals surface area contributed by atoms with Crippen LogP contribution < -0.4 is 9.47 Å². The summed E-state index contributed by atoms with van der Waals surface area (Å²) < 4.78 is 15.8. The molecule has 1 aliphatic rings. The predicted octanol–water partition coefficient (Wildman–Crippen LogP) is 4.25. The summed E-state index contributed by atoms with van der Waals surface area (Å²) in [5, 5.41) is 0. The Kier molecular flexibility index (Phi) is 5.39. The van der Waals surface area contributed by atoms with Crippen LogP contribution in [0.5, 0.6) is 11.5 Å². The predicted molar refractivity (Wildman–Crippen MR) is 95.8 cm³/mol. The number of rotatable bonds is 6. The molecule has 0 fully saturated rings. The van der Waals surface area contributed by atoms with Gasteiger partial charge in [-0.05, 0) is 48.2 Å². The van der Waals surface area contributed by atoms with Gasteiger partial charge >= 0.3 is 5.97 Å². The standard InChI is InChI=1S/C21H22O4/c1-23-18-9-5-15(6-10-18)3-4-16-13-20(25-21(22)14-16)17-7-11-19(24-2)12-8-17/h5-12,14,20H,3-4,13H2,1-2H3/t20-/m1/s1. The molecule has 1 atom stereocenters. The quantitative estimate of drug-likeness (QED) is 0.739. The number of carbonyl (C=O) groups is 1. The summed E-state index contributed by atoms with van der Waals surface area (Å²) in [7, 11) is 3.29. The first-order valence-corrected chi connectivity index (χ1v) is 8.35. The molecule has 0 aliphatic carbocycles. The highest BCUT2D eigenvalue weighted by Crippen LogP contribution is 2.32. The minimum atomic E-state index is -0.267. The smallest absolute Gasteiger partial charge is 0.331 e. The highest BCUT2D eigenvalue weighted by Gasteiger charge is 2.23. The lowest BCUT2D eigenvalue weighted by Crippen LogP contribution is -2.16. The number of hydrogen-bond donors (Lipinski definition) is 0. The maximum absolute atomic E-state index is 11.9. The molecule has 0 unspecified atom stereocenters. The van der Waals surface area contributed by atoms with Crippen LogP contribution in [0.3, 0.4) is 0 Å². The highest BCUT2D eigenvalue weighted by atomic mass is 16.5. The topological polar surface area (TPSA) is 44.8 Å². The Labute approximate surface area is 148 Å². The molecule has 0 N–H and O–H groups in total. The molecule has 0 spiro atoms. The van der Waals surface area contributed by atoms with E-state index in [4.69, 9.17) is 14.2 Å². The summed E-state index contributed by atoms with van der Waals surface area (Å²) in [6, 6.07) is 15.7. The molecule has 0 bridgehead atoms. The second kappa shape index (κ2) is 7.88. The summed E-state index contributed by atoms with van der Waals surface area (Å²) >= 11 is 0. The van der Waals surface area contributed by atoms with Crippen LogP contribution in [0.1, 0.15) is 30.1 Å². The first-order chi connectivity index (χ1) is 12.2. The average Bonchev–Trinajstić information content (AvgIpc) is 2.66. The fourth-order valence-electron chi connectivity index (χ4n) is 2.96. The Morgan fingerprint density at radius 3 is 2.12 bits per heavy atom. The number of ether oxygens (including phenoxy) is 3. The number of esters is 1. The lowest BCUT2D eigenvalue weighted by molar-refractivity contribution is -0.144. The van der Waals surface area contributed by atoms with E-state index in [1.165, 1.54) is 5.56 Å². The SMILES string of the molecule is COc1ccc(CCC2=CC(=O)O[C@@H](c3ccc(OC)cc3)C2)cc1. The van der Waals surface area contributed by atoms with Gasteiger partial charge in [0.25, 0.3) is 0 Å². The van der Waals surface area contributed by atoms with Crippen molar-refractivity contribution in [3.8, 4) is 11.5 Å². The van der Waals surface area contributed by atoms with Gasteiger partial charge in [0.15, 0.2) is 0 Å². The third-order valence-electron chi connectivity index (χ3n) is 4.41. The van der Waals surface area contributed by atoms with Gasteiger partial charge in [0.1, 0.15) is 17.6 Å². The monoisotopic (exact) mass is 338 g/mol. The van der Waals surface area contributed by atoms with Crippen molar-refractivity contribution in [1.29, 1.82) is 0 Å². The highest BCUT2D eigenvalue weighted by molar-refractivity contribution is 5.84. The molecular weight excluding hydrogens is 316 g/mol. The van der Waals surface area contributed by atoms with Gasteiger partial charge in [0.2, 0.25) is 0 Å². The fourth-order valence-corrected chi connectivity index (χ4v) is 2.96. The van der Waals surface area contributed by atoms with Crippen LogP contribution in [0.2, 0.25) is 0 Å². The van der Waals surface area contributed by atoms with Crippen LogP contribution in [0, 0.1) is 0 Å². The molecule has 3 rings (SSSR count). The summed E-state index contributed by atoms with van der Waals surface area (Å²) in [4.78, 5) is 11.9. The van der Waals surface area contributed by atoms with Gasteiger partial charge in [0, 0.05) is 12.5 Å². The number of methoxy groups -OCH3 is 2. The van der Waals surface area contributed by atoms with E-state index < -0.39 is 0 Å². The Bertz CT molecular complexity index is 744. The minimum Gasteiger partial charge on any atom is -0.497 e. The Morgan fingerprint density at radius 2 is 1.52 bits per heavy atom. The van der Waals surface area contributed by atoms with E-state index in [0.29, 0.717) is 0 Å². The van der Waals surface area contributed by atoms with Crippen molar-refractivity contribution in [2.24, 2.45) is 0 Å². The van der Waals surface area contributed by atoms with Gasteiger partial charge in [-0.2, -0.15) is 0 Å². The third kappa shape index (κ3) is 4.41. The van der Waals surface area contributed by atoms with Crippen LogP contribution in [0.15, 0.2) is 60.2 Å². The van der Waals surface area contributed by atoms with Crippen molar-refractivity contribution in [3.05, 3.63) is 71.3 Å². The van der Waals surface area contributed by atoms with Gasteiger partial charge in [-0.3, -0.25) is 0 Å². The molecule has 0 amide bonds. The van der Waals surface area contributed by atoms with E-state index in [9.17, 15) is 4.79 Å². The van der Waals surface area contributed by atoms with Gasteiger partial charge in [-0.25, -0.2) is 4.79 Å². The normalized spacial score (nSPS) is 16.8.